The molecular formula is C20H23ClN2O3. The van der Waals surface area contributed by atoms with Crippen LogP contribution < -0.4 is 10.1 Å². The number of carbonyl (C=O) groups is 2. The van der Waals surface area contributed by atoms with Crippen LogP contribution in [-0.2, 0) is 16.1 Å². The second-order valence-corrected chi connectivity index (χ2v) is 6.19. The number of halogens is 1. The lowest BCUT2D eigenvalue weighted by Crippen LogP contribution is -2.49. The number of nitrogens with one attached hydrogen (secondary N) is 1. The number of carbonyl (C=O) groups excluding carboxylic acids is 2. The molecule has 0 aliphatic rings. The van der Waals surface area contributed by atoms with Crippen LogP contribution in [0.15, 0.2) is 54.6 Å². The molecule has 0 aliphatic carbocycles. The van der Waals surface area contributed by atoms with Crippen LogP contribution in [0.3, 0.4) is 0 Å². The largest absolute Gasteiger partial charge is 0.484 e. The predicted molar refractivity (Wildman–Crippen MR) is 102 cm³/mol. The maximum absolute atomic E-state index is 12.8. The van der Waals surface area contributed by atoms with Gasteiger partial charge in [-0.25, -0.2) is 0 Å². The van der Waals surface area contributed by atoms with Crippen LogP contribution in [0.1, 0.15) is 19.4 Å². The summed E-state index contributed by atoms with van der Waals surface area (Å²) >= 11 is 6.22. The third kappa shape index (κ3) is 5.49. The van der Waals surface area contributed by atoms with Crippen molar-refractivity contribution in [2.75, 3.05) is 13.2 Å². The van der Waals surface area contributed by atoms with Crippen molar-refractivity contribution >= 4 is 23.4 Å². The molecule has 1 unspecified atom stereocenters. The van der Waals surface area contributed by atoms with Gasteiger partial charge < -0.3 is 15.0 Å². The number of para-hydroxylation sites is 1. The van der Waals surface area contributed by atoms with Crippen LogP contribution in [0.2, 0.25) is 5.02 Å². The van der Waals surface area contributed by atoms with E-state index in [4.69, 9.17) is 16.3 Å². The molecule has 138 valence electrons. The standard InChI is InChI=1S/C20H23ClN2O3/c1-3-22-20(25)15(2)23(13-16-9-7-8-12-18(16)21)19(24)14-26-17-10-5-4-6-11-17/h4-12,15H,3,13-14H2,1-2H3,(H,22,25). The van der Waals surface area contributed by atoms with E-state index < -0.39 is 6.04 Å². The first-order valence-corrected chi connectivity index (χ1v) is 8.89. The quantitative estimate of drug-likeness (QED) is 0.771. The minimum Gasteiger partial charge on any atom is -0.484 e. The van der Waals surface area contributed by atoms with Crippen LogP contribution in [0.4, 0.5) is 0 Å². The van der Waals surface area contributed by atoms with Gasteiger partial charge in [0.05, 0.1) is 0 Å². The molecule has 0 heterocycles. The molecule has 0 spiro atoms. The lowest BCUT2D eigenvalue weighted by molar-refractivity contribution is -0.142. The highest BCUT2D eigenvalue weighted by molar-refractivity contribution is 6.31. The number of nitrogens with zero attached hydrogens (tertiary/aromatic N) is 1. The third-order valence-electron chi connectivity index (χ3n) is 3.92. The highest BCUT2D eigenvalue weighted by Crippen LogP contribution is 2.19. The second kappa shape index (κ2) is 9.82. The molecule has 0 aliphatic heterocycles. The molecule has 26 heavy (non-hydrogen) atoms. The van der Waals surface area contributed by atoms with Gasteiger partial charge in [0.1, 0.15) is 11.8 Å². The SMILES string of the molecule is CCNC(=O)C(C)N(Cc1ccccc1Cl)C(=O)COc1ccccc1. The van der Waals surface area contributed by atoms with Gasteiger partial charge in [0.2, 0.25) is 5.91 Å². The van der Waals surface area contributed by atoms with Gasteiger partial charge in [-0.05, 0) is 37.6 Å². The number of ether oxygens (including phenoxy) is 1. The predicted octanol–water partition coefficient (Wildman–Crippen LogP) is 3.27. The van der Waals surface area contributed by atoms with Gasteiger partial charge in [-0.15, -0.1) is 0 Å². The average molecular weight is 375 g/mol. The Bertz CT molecular complexity index is 737. The summed E-state index contributed by atoms with van der Waals surface area (Å²) in [7, 11) is 0. The summed E-state index contributed by atoms with van der Waals surface area (Å²) in [4.78, 5) is 26.5. The first kappa shape index (κ1) is 19.8. The Hall–Kier alpha value is -2.53. The van der Waals surface area contributed by atoms with Crippen molar-refractivity contribution in [2.24, 2.45) is 0 Å². The molecule has 0 fully saturated rings. The van der Waals surface area contributed by atoms with Gasteiger partial charge in [0, 0.05) is 18.1 Å². The molecule has 1 atom stereocenters. The Morgan fingerprint density at radius 1 is 1.12 bits per heavy atom. The van der Waals surface area contributed by atoms with Gasteiger partial charge in [-0.3, -0.25) is 9.59 Å². The number of benzene rings is 2. The highest BCUT2D eigenvalue weighted by Gasteiger charge is 2.26. The summed E-state index contributed by atoms with van der Waals surface area (Å²) in [5.74, 6) is 0.101. The van der Waals surface area contributed by atoms with E-state index in [-0.39, 0.29) is 25.0 Å². The van der Waals surface area contributed by atoms with E-state index in [0.717, 1.165) is 5.56 Å². The Kier molecular flexibility index (Phi) is 7.48. The number of likely N-dealkylation sites (N-methyl/N-ethyl adjacent to an activating group) is 1. The zero-order valence-corrected chi connectivity index (χ0v) is 15.7. The molecule has 2 rings (SSSR count). The molecule has 0 saturated carbocycles. The van der Waals surface area contributed by atoms with E-state index in [2.05, 4.69) is 5.32 Å². The molecule has 6 heteroatoms. The van der Waals surface area contributed by atoms with Crippen molar-refractivity contribution in [1.29, 1.82) is 0 Å². The normalized spacial score (nSPS) is 11.5. The summed E-state index contributed by atoms with van der Waals surface area (Å²) in [6.45, 7) is 4.11. The fourth-order valence-corrected chi connectivity index (χ4v) is 2.65. The molecule has 0 bridgehead atoms. The van der Waals surface area contributed by atoms with E-state index in [1.54, 1.807) is 25.1 Å². The first-order chi connectivity index (χ1) is 12.5. The lowest BCUT2D eigenvalue weighted by Gasteiger charge is -2.29. The van der Waals surface area contributed by atoms with E-state index in [0.29, 0.717) is 17.3 Å². The van der Waals surface area contributed by atoms with E-state index in [1.165, 1.54) is 4.90 Å². The van der Waals surface area contributed by atoms with Crippen molar-refractivity contribution < 1.29 is 14.3 Å². The molecule has 0 radical (unpaired) electrons. The van der Waals surface area contributed by atoms with Crippen molar-refractivity contribution in [1.82, 2.24) is 10.2 Å². The number of hydrogen-bond acceptors (Lipinski definition) is 3. The van der Waals surface area contributed by atoms with Crippen LogP contribution in [0.25, 0.3) is 0 Å². The van der Waals surface area contributed by atoms with Gasteiger partial charge in [-0.1, -0.05) is 48.0 Å². The van der Waals surface area contributed by atoms with Gasteiger partial charge >= 0.3 is 0 Å². The van der Waals surface area contributed by atoms with Crippen molar-refractivity contribution in [2.45, 2.75) is 26.4 Å². The summed E-state index contributed by atoms with van der Waals surface area (Å²) in [5.41, 5.74) is 0.776. The summed E-state index contributed by atoms with van der Waals surface area (Å²) in [5, 5.41) is 3.30. The highest BCUT2D eigenvalue weighted by atomic mass is 35.5. The smallest absolute Gasteiger partial charge is 0.261 e. The van der Waals surface area contributed by atoms with Gasteiger partial charge in [0.15, 0.2) is 6.61 Å². The van der Waals surface area contributed by atoms with E-state index >= 15 is 0 Å². The van der Waals surface area contributed by atoms with Crippen LogP contribution in [0, 0.1) is 0 Å². The molecule has 2 aromatic rings. The second-order valence-electron chi connectivity index (χ2n) is 5.79. The Labute approximate surface area is 158 Å². The van der Waals surface area contributed by atoms with Crippen LogP contribution >= 0.6 is 11.6 Å². The fourth-order valence-electron chi connectivity index (χ4n) is 2.46. The molecule has 2 amide bonds. The van der Waals surface area contributed by atoms with Crippen molar-refractivity contribution in [3.63, 3.8) is 0 Å². The van der Waals surface area contributed by atoms with E-state index in [9.17, 15) is 9.59 Å². The Morgan fingerprint density at radius 3 is 2.42 bits per heavy atom. The molecule has 2 aromatic carbocycles. The van der Waals surface area contributed by atoms with Gasteiger partial charge in [0.25, 0.3) is 5.91 Å². The molecule has 0 saturated heterocycles. The van der Waals surface area contributed by atoms with Crippen molar-refractivity contribution in [3.8, 4) is 5.75 Å². The Morgan fingerprint density at radius 2 is 1.77 bits per heavy atom. The van der Waals surface area contributed by atoms with Crippen LogP contribution in [-0.4, -0.2) is 35.9 Å². The van der Waals surface area contributed by atoms with E-state index in [1.807, 2.05) is 43.3 Å². The zero-order chi connectivity index (χ0) is 18.9. The number of amides is 2. The first-order valence-electron chi connectivity index (χ1n) is 8.51. The minimum absolute atomic E-state index is 0.155. The average Bonchev–Trinajstić information content (AvgIpc) is 2.66. The summed E-state index contributed by atoms with van der Waals surface area (Å²) in [6.07, 6.45) is 0. The summed E-state index contributed by atoms with van der Waals surface area (Å²) in [6, 6.07) is 15.7. The Balaban J connectivity index is 2.14. The molecule has 1 N–H and O–H groups in total. The van der Waals surface area contributed by atoms with Gasteiger partial charge in [-0.2, -0.15) is 0 Å². The maximum atomic E-state index is 12.8. The summed E-state index contributed by atoms with van der Waals surface area (Å²) < 4.78 is 5.55. The maximum Gasteiger partial charge on any atom is 0.261 e. The van der Waals surface area contributed by atoms with Crippen LogP contribution in [0.5, 0.6) is 5.75 Å². The lowest BCUT2D eigenvalue weighted by atomic mass is 10.1. The zero-order valence-electron chi connectivity index (χ0n) is 14.9. The van der Waals surface area contributed by atoms with Crippen molar-refractivity contribution in [3.05, 3.63) is 65.2 Å². The minimum atomic E-state index is -0.641. The topological polar surface area (TPSA) is 58.6 Å². The molecule has 0 aromatic heterocycles. The number of hydrogen-bond donors (Lipinski definition) is 1. The third-order valence-corrected chi connectivity index (χ3v) is 4.29. The number of rotatable bonds is 8. The fraction of sp³-hybridized carbons (Fsp3) is 0.300. The molecular weight excluding hydrogens is 352 g/mol. The molecule has 5 nitrogen and oxygen atoms in total. The monoisotopic (exact) mass is 374 g/mol.